The minimum atomic E-state index is 0. The number of ether oxygens (including phenoxy) is 1. The third-order valence-electron chi connectivity index (χ3n) is 2.20. The van der Waals surface area contributed by atoms with E-state index in [0.29, 0.717) is 11.3 Å². The fourth-order valence-corrected chi connectivity index (χ4v) is 1.34. The van der Waals surface area contributed by atoms with Crippen LogP contribution < -0.4 is 10.5 Å². The van der Waals surface area contributed by atoms with E-state index in [-0.39, 0.29) is 36.8 Å². The van der Waals surface area contributed by atoms with Gasteiger partial charge in [0.15, 0.2) is 17.3 Å². The van der Waals surface area contributed by atoms with Crippen LogP contribution in [0.15, 0.2) is 53.9 Å². The number of pyridine rings is 1. The Balaban J connectivity index is 0. The molecule has 23 heavy (non-hydrogen) atoms. The SMILES string of the molecule is COc1cccc(C=N[N-]C(N)=[SH+])c1[OH2+].[OH-].[Pd+2].c1ccncc1. The normalized spacial score (nSPS) is 8.78. The fourth-order valence-electron chi connectivity index (χ4n) is 1.29. The first-order chi connectivity index (χ1) is 10.1. The number of nitrogens with two attached hydrogens (primary N) is 1. The second-order valence-corrected chi connectivity index (χ2v) is 4.11. The molecule has 1 heterocycles. The maximum Gasteiger partial charge on any atom is 2.00 e. The van der Waals surface area contributed by atoms with Gasteiger partial charge < -0.3 is 25.8 Å². The van der Waals surface area contributed by atoms with Gasteiger partial charge in [0.2, 0.25) is 5.75 Å². The number of benzene rings is 1. The molecule has 0 saturated heterocycles. The Bertz CT molecular complexity index is 573. The van der Waals surface area contributed by atoms with Gasteiger partial charge in [-0.3, -0.25) is 10.7 Å². The maximum absolute atomic E-state index is 7.72. The van der Waals surface area contributed by atoms with Crippen LogP contribution >= 0.6 is 0 Å². The molecule has 2 rings (SSSR count). The molecule has 0 aliphatic carbocycles. The zero-order valence-corrected chi connectivity index (χ0v) is 14.7. The van der Waals surface area contributed by atoms with Crippen LogP contribution in [0.1, 0.15) is 5.56 Å². The second kappa shape index (κ2) is 13.8. The van der Waals surface area contributed by atoms with E-state index in [9.17, 15) is 0 Å². The molecule has 1 aromatic carbocycles. The van der Waals surface area contributed by atoms with Gasteiger partial charge in [-0.25, -0.2) is 0 Å². The van der Waals surface area contributed by atoms with Crippen molar-refractivity contribution in [3.8, 4) is 11.5 Å². The standard InChI is InChI=1S/C9H11N3O2S.C5H5N.H2O.Pd/c1-14-7-4-2-3-6(8(7)13)5-11-12-9(10)15;1-2-4-6-5-3-1;;/h2-5H,1H3,(H4,10,11,12,13,15);1-5H;1H2;/q;;;+2. The van der Waals surface area contributed by atoms with Crippen molar-refractivity contribution in [3.05, 3.63) is 59.8 Å². The monoisotopic (exact) mass is 428 g/mol. The van der Waals surface area contributed by atoms with Crippen LogP contribution in [0.4, 0.5) is 0 Å². The molecule has 0 fully saturated rings. The minimum absolute atomic E-state index is 0. The smallest absolute Gasteiger partial charge is 0.870 e. The number of methoxy groups -OCH3 is 1. The van der Waals surface area contributed by atoms with Crippen LogP contribution in [0.2, 0.25) is 0 Å². The van der Waals surface area contributed by atoms with Crippen molar-refractivity contribution in [2.75, 3.05) is 7.11 Å². The second-order valence-electron chi connectivity index (χ2n) is 3.65. The van der Waals surface area contributed by atoms with Gasteiger partial charge in [0.1, 0.15) is 0 Å². The maximum atomic E-state index is 7.72. The van der Waals surface area contributed by atoms with Crippen LogP contribution in [-0.2, 0) is 32.6 Å². The number of hydrogen-bond acceptors (Lipinski definition) is 4. The van der Waals surface area contributed by atoms with Crippen molar-refractivity contribution < 1.29 is 35.7 Å². The Morgan fingerprint density at radius 3 is 2.39 bits per heavy atom. The molecule has 5 N–H and O–H groups in total. The van der Waals surface area contributed by atoms with Crippen LogP contribution in [0.25, 0.3) is 5.43 Å². The third-order valence-corrected chi connectivity index (χ3v) is 2.29. The molecule has 0 aliphatic heterocycles. The van der Waals surface area contributed by atoms with Crippen molar-refractivity contribution in [1.82, 2.24) is 4.98 Å². The van der Waals surface area contributed by atoms with E-state index in [2.05, 4.69) is 27.7 Å². The summed E-state index contributed by atoms with van der Waals surface area (Å²) in [7, 11) is 1.51. The first kappa shape index (κ1) is 23.4. The van der Waals surface area contributed by atoms with Gasteiger partial charge in [-0.05, 0) is 24.3 Å². The van der Waals surface area contributed by atoms with E-state index in [4.69, 9.17) is 15.6 Å². The number of nitrogens with zero attached hydrogens (tertiary/aromatic N) is 3. The topological polar surface area (TPSA) is 127 Å². The number of aromatic nitrogens is 1. The summed E-state index contributed by atoms with van der Waals surface area (Å²) in [4.78, 5) is 3.78. The van der Waals surface area contributed by atoms with E-state index >= 15 is 0 Å². The molecule has 0 radical (unpaired) electrons. The van der Waals surface area contributed by atoms with E-state index in [1.807, 2.05) is 18.2 Å². The van der Waals surface area contributed by atoms with Crippen LogP contribution in [0, 0.1) is 0 Å². The molecular formula is C14H18N4O3PdS+2. The molecule has 126 valence electrons. The predicted octanol–water partition coefficient (Wildman–Crippen LogP) is 1.07. The number of para-hydroxylation sites is 1. The predicted molar refractivity (Wildman–Crippen MR) is 91.1 cm³/mol. The summed E-state index contributed by atoms with van der Waals surface area (Å²) in [6.45, 7) is 0. The average molecular weight is 429 g/mol. The third kappa shape index (κ3) is 9.68. The molecule has 0 saturated carbocycles. The minimum Gasteiger partial charge on any atom is -0.870 e. The molecule has 7 nitrogen and oxygen atoms in total. The number of hydrogen-bond donors (Lipinski definition) is 1. The molecule has 0 aliphatic rings. The summed E-state index contributed by atoms with van der Waals surface area (Å²) in [5.41, 5.74) is 9.30. The number of rotatable bonds is 3. The van der Waals surface area contributed by atoms with Gasteiger partial charge >= 0.3 is 26.2 Å². The molecule has 1 aromatic heterocycles. The molecule has 0 unspecified atom stereocenters. The summed E-state index contributed by atoms with van der Waals surface area (Å²) in [6.07, 6.45) is 4.92. The fraction of sp³-hybridized carbons (Fsp3) is 0.0714. The van der Waals surface area contributed by atoms with Crippen molar-refractivity contribution in [3.63, 3.8) is 0 Å². The molecule has 0 amide bonds. The molecule has 0 bridgehead atoms. The van der Waals surface area contributed by atoms with E-state index < -0.39 is 0 Å². The van der Waals surface area contributed by atoms with Crippen molar-refractivity contribution in [1.29, 1.82) is 0 Å². The van der Waals surface area contributed by atoms with Crippen molar-refractivity contribution >= 4 is 23.5 Å². The molecule has 0 spiro atoms. The van der Waals surface area contributed by atoms with Crippen LogP contribution in [-0.4, -0.2) is 34.0 Å². The van der Waals surface area contributed by atoms with Gasteiger partial charge in [0, 0.05) is 18.6 Å². The average Bonchev–Trinajstić information content (AvgIpc) is 2.51. The first-order valence-corrected chi connectivity index (χ1v) is 6.39. The van der Waals surface area contributed by atoms with Gasteiger partial charge in [-0.2, -0.15) is 0 Å². The quantitative estimate of drug-likeness (QED) is 0.196. The zero-order chi connectivity index (χ0) is 15.5. The van der Waals surface area contributed by atoms with E-state index in [1.54, 1.807) is 30.6 Å². The summed E-state index contributed by atoms with van der Waals surface area (Å²) in [5.74, 6) is 0.749. The molecule has 2 aromatic rings. The van der Waals surface area contributed by atoms with Gasteiger partial charge in [0.25, 0.3) is 0 Å². The van der Waals surface area contributed by atoms with E-state index in [1.165, 1.54) is 13.3 Å². The Hall–Kier alpha value is -1.89. The Morgan fingerprint density at radius 1 is 1.30 bits per heavy atom. The molecular weight excluding hydrogens is 411 g/mol. The molecule has 0 atom stereocenters. The van der Waals surface area contributed by atoms with Gasteiger partial charge in [-0.1, -0.05) is 12.1 Å². The summed E-state index contributed by atoms with van der Waals surface area (Å²) in [6, 6.07) is 10.9. The summed E-state index contributed by atoms with van der Waals surface area (Å²) >= 11 is 3.75. The van der Waals surface area contributed by atoms with E-state index in [0.717, 1.165) is 0 Å². The summed E-state index contributed by atoms with van der Waals surface area (Å²) < 4.78 is 4.99. The Labute approximate surface area is 153 Å². The number of thiol groups is 1. The van der Waals surface area contributed by atoms with Crippen LogP contribution in [0.5, 0.6) is 11.5 Å². The zero-order valence-electron chi connectivity index (χ0n) is 12.2. The summed E-state index contributed by atoms with van der Waals surface area (Å²) in [5, 5.41) is 11.5. The Kier molecular flexibility index (Phi) is 14.0. The van der Waals surface area contributed by atoms with Gasteiger partial charge in [0.05, 0.1) is 12.7 Å². The van der Waals surface area contributed by atoms with Crippen LogP contribution in [0.3, 0.4) is 0 Å². The molecule has 9 heteroatoms. The van der Waals surface area contributed by atoms with Crippen molar-refractivity contribution in [2.24, 2.45) is 10.8 Å². The first-order valence-electron chi connectivity index (χ1n) is 5.94. The van der Waals surface area contributed by atoms with Crippen molar-refractivity contribution in [2.45, 2.75) is 0 Å². The Morgan fingerprint density at radius 2 is 1.96 bits per heavy atom. The van der Waals surface area contributed by atoms with Gasteiger partial charge in [-0.15, -0.1) is 0 Å². The largest absolute Gasteiger partial charge is 2.00 e.